The molecule has 2 atom stereocenters. The topological polar surface area (TPSA) is 42.0 Å². The highest BCUT2D eigenvalue weighted by molar-refractivity contribution is 7.22. The van der Waals surface area contributed by atoms with Crippen molar-refractivity contribution in [1.82, 2.24) is 4.98 Å². The molecule has 1 aromatic heterocycles. The Kier molecular flexibility index (Phi) is 2.56. The fourth-order valence-corrected chi connectivity index (χ4v) is 2.98. The normalized spacial score (nSPS) is 22.7. The first kappa shape index (κ1) is 11.0. The summed E-state index contributed by atoms with van der Waals surface area (Å²) in [4.78, 5) is 16.1. The number of carbonyl (C=O) groups is 1. The van der Waals surface area contributed by atoms with Crippen molar-refractivity contribution in [2.45, 2.75) is 13.3 Å². The van der Waals surface area contributed by atoms with Crippen LogP contribution in [0.5, 0.6) is 0 Å². The smallest absolute Gasteiger partial charge is 0.229 e. The average Bonchev–Trinajstić information content (AvgIpc) is 2.87. The Hall–Kier alpha value is -1.13. The second kappa shape index (κ2) is 3.96. The number of anilines is 1. The van der Waals surface area contributed by atoms with Gasteiger partial charge in [-0.2, -0.15) is 0 Å². The molecule has 88 valence electrons. The maximum Gasteiger partial charge on any atom is 0.229 e. The average molecular weight is 267 g/mol. The van der Waals surface area contributed by atoms with E-state index in [4.69, 9.17) is 11.6 Å². The van der Waals surface area contributed by atoms with E-state index in [9.17, 15) is 4.79 Å². The zero-order valence-electron chi connectivity index (χ0n) is 9.24. The zero-order chi connectivity index (χ0) is 12.0. The number of benzene rings is 1. The van der Waals surface area contributed by atoms with Gasteiger partial charge in [-0.15, -0.1) is 0 Å². The summed E-state index contributed by atoms with van der Waals surface area (Å²) < 4.78 is 0.997. The minimum atomic E-state index is 0.0858. The molecule has 0 bridgehead atoms. The zero-order valence-corrected chi connectivity index (χ0v) is 10.8. The van der Waals surface area contributed by atoms with Gasteiger partial charge in [0.25, 0.3) is 0 Å². The van der Waals surface area contributed by atoms with Gasteiger partial charge in [0.15, 0.2) is 5.13 Å². The molecular weight excluding hydrogens is 256 g/mol. The van der Waals surface area contributed by atoms with Gasteiger partial charge in [-0.3, -0.25) is 4.79 Å². The van der Waals surface area contributed by atoms with Gasteiger partial charge < -0.3 is 5.32 Å². The standard InChI is InChI=1S/C12H11ClN2OS/c1-6-4-8(6)11(16)15-12-14-9-3-2-7(13)5-10(9)17-12/h2-3,5-6,8H,4H2,1H3,(H,14,15,16)/t6-,8+/m0/s1. The molecule has 1 saturated carbocycles. The molecule has 1 aliphatic rings. The Morgan fingerprint density at radius 1 is 1.59 bits per heavy atom. The van der Waals surface area contributed by atoms with E-state index >= 15 is 0 Å². The molecule has 0 spiro atoms. The summed E-state index contributed by atoms with van der Waals surface area (Å²) in [5.74, 6) is 0.770. The van der Waals surface area contributed by atoms with Gasteiger partial charge in [-0.1, -0.05) is 29.9 Å². The molecule has 17 heavy (non-hydrogen) atoms. The number of hydrogen-bond acceptors (Lipinski definition) is 3. The Balaban J connectivity index is 1.83. The highest BCUT2D eigenvalue weighted by Gasteiger charge is 2.39. The SMILES string of the molecule is C[C@H]1C[C@H]1C(=O)Nc1nc2ccc(Cl)cc2s1. The van der Waals surface area contributed by atoms with Crippen molar-refractivity contribution in [3.8, 4) is 0 Å². The summed E-state index contributed by atoms with van der Waals surface area (Å²) in [7, 11) is 0. The number of hydrogen-bond donors (Lipinski definition) is 1. The number of thiazole rings is 1. The number of amides is 1. The summed E-state index contributed by atoms with van der Waals surface area (Å²) >= 11 is 7.36. The number of nitrogens with one attached hydrogen (secondary N) is 1. The highest BCUT2D eigenvalue weighted by atomic mass is 35.5. The molecule has 1 N–H and O–H groups in total. The summed E-state index contributed by atoms with van der Waals surface area (Å²) in [5.41, 5.74) is 0.874. The first-order valence-corrected chi connectivity index (χ1v) is 6.70. The Labute approximate surface area is 108 Å². The van der Waals surface area contributed by atoms with Crippen LogP contribution in [0.2, 0.25) is 5.02 Å². The Morgan fingerprint density at radius 2 is 2.35 bits per heavy atom. The van der Waals surface area contributed by atoms with Crippen molar-refractivity contribution < 1.29 is 4.79 Å². The molecule has 1 heterocycles. The molecule has 3 rings (SSSR count). The maximum absolute atomic E-state index is 11.8. The van der Waals surface area contributed by atoms with Gasteiger partial charge in [0.1, 0.15) is 0 Å². The molecule has 0 unspecified atom stereocenters. The number of nitrogens with zero attached hydrogens (tertiary/aromatic N) is 1. The van der Waals surface area contributed by atoms with Gasteiger partial charge in [0.2, 0.25) is 5.91 Å². The van der Waals surface area contributed by atoms with E-state index in [2.05, 4.69) is 17.2 Å². The van der Waals surface area contributed by atoms with Gasteiger partial charge in [-0.05, 0) is 30.5 Å². The van der Waals surface area contributed by atoms with E-state index in [1.165, 1.54) is 11.3 Å². The number of aromatic nitrogens is 1. The number of fused-ring (bicyclic) bond motifs is 1. The van der Waals surface area contributed by atoms with Crippen LogP contribution in [-0.2, 0) is 4.79 Å². The van der Waals surface area contributed by atoms with Crippen molar-refractivity contribution in [2.75, 3.05) is 5.32 Å². The summed E-state index contributed by atoms with van der Waals surface area (Å²) in [6, 6.07) is 5.53. The second-order valence-electron chi connectivity index (χ2n) is 4.44. The number of halogens is 1. The summed E-state index contributed by atoms with van der Waals surface area (Å²) in [5, 5.41) is 4.22. The summed E-state index contributed by atoms with van der Waals surface area (Å²) in [6.07, 6.45) is 0.989. The van der Waals surface area contributed by atoms with E-state index in [0.717, 1.165) is 16.6 Å². The molecule has 1 amide bonds. The Bertz CT molecular complexity index is 595. The van der Waals surface area contributed by atoms with Crippen LogP contribution in [0.25, 0.3) is 10.2 Å². The lowest BCUT2D eigenvalue weighted by Crippen LogP contribution is -2.14. The van der Waals surface area contributed by atoms with E-state index in [1.54, 1.807) is 6.07 Å². The third kappa shape index (κ3) is 2.15. The van der Waals surface area contributed by atoms with Crippen LogP contribution in [0.4, 0.5) is 5.13 Å². The second-order valence-corrected chi connectivity index (χ2v) is 5.91. The maximum atomic E-state index is 11.8. The van der Waals surface area contributed by atoms with Crippen LogP contribution in [-0.4, -0.2) is 10.9 Å². The van der Waals surface area contributed by atoms with Gasteiger partial charge in [0.05, 0.1) is 10.2 Å². The van der Waals surface area contributed by atoms with Crippen molar-refractivity contribution in [3.05, 3.63) is 23.2 Å². The van der Waals surface area contributed by atoms with Crippen LogP contribution in [0, 0.1) is 11.8 Å². The lowest BCUT2D eigenvalue weighted by atomic mass is 10.3. The lowest BCUT2D eigenvalue weighted by molar-refractivity contribution is -0.117. The molecule has 3 nitrogen and oxygen atoms in total. The molecule has 5 heteroatoms. The molecule has 1 aromatic carbocycles. The minimum absolute atomic E-state index is 0.0858. The molecule has 2 aromatic rings. The fraction of sp³-hybridized carbons (Fsp3) is 0.333. The van der Waals surface area contributed by atoms with Gasteiger partial charge in [0, 0.05) is 10.9 Å². The monoisotopic (exact) mass is 266 g/mol. The molecule has 1 fully saturated rings. The first-order chi connectivity index (χ1) is 8.13. The van der Waals surface area contributed by atoms with E-state index in [0.29, 0.717) is 16.1 Å². The minimum Gasteiger partial charge on any atom is -0.302 e. The number of carbonyl (C=O) groups excluding carboxylic acids is 1. The third-order valence-corrected chi connectivity index (χ3v) is 4.20. The Morgan fingerprint density at radius 3 is 3.06 bits per heavy atom. The molecule has 0 radical (unpaired) electrons. The molecule has 0 saturated heterocycles. The van der Waals surface area contributed by atoms with Crippen LogP contribution >= 0.6 is 22.9 Å². The van der Waals surface area contributed by atoms with Crippen molar-refractivity contribution in [3.63, 3.8) is 0 Å². The van der Waals surface area contributed by atoms with Gasteiger partial charge >= 0.3 is 0 Å². The number of rotatable bonds is 2. The third-order valence-electron chi connectivity index (χ3n) is 3.03. The van der Waals surface area contributed by atoms with E-state index in [-0.39, 0.29) is 11.8 Å². The predicted molar refractivity (Wildman–Crippen MR) is 70.5 cm³/mol. The predicted octanol–water partition coefficient (Wildman–Crippen LogP) is 3.54. The van der Waals surface area contributed by atoms with Crippen molar-refractivity contribution >= 4 is 44.2 Å². The van der Waals surface area contributed by atoms with Crippen LogP contribution in [0.15, 0.2) is 18.2 Å². The van der Waals surface area contributed by atoms with Gasteiger partial charge in [-0.25, -0.2) is 4.98 Å². The van der Waals surface area contributed by atoms with Crippen LogP contribution < -0.4 is 5.32 Å². The highest BCUT2D eigenvalue weighted by Crippen LogP contribution is 2.39. The van der Waals surface area contributed by atoms with E-state index in [1.807, 2.05) is 12.1 Å². The fourth-order valence-electron chi connectivity index (χ4n) is 1.84. The van der Waals surface area contributed by atoms with Crippen LogP contribution in [0.1, 0.15) is 13.3 Å². The lowest BCUT2D eigenvalue weighted by Gasteiger charge is -1.97. The van der Waals surface area contributed by atoms with Crippen molar-refractivity contribution in [2.24, 2.45) is 11.8 Å². The molecule has 0 aliphatic heterocycles. The quantitative estimate of drug-likeness (QED) is 0.903. The van der Waals surface area contributed by atoms with Crippen LogP contribution in [0.3, 0.4) is 0 Å². The molecule has 1 aliphatic carbocycles. The largest absolute Gasteiger partial charge is 0.302 e. The van der Waals surface area contributed by atoms with E-state index < -0.39 is 0 Å². The first-order valence-electron chi connectivity index (χ1n) is 5.50. The van der Waals surface area contributed by atoms with Crippen molar-refractivity contribution in [1.29, 1.82) is 0 Å². The summed E-state index contributed by atoms with van der Waals surface area (Å²) in [6.45, 7) is 2.09. The molecular formula is C12H11ClN2OS.